The summed E-state index contributed by atoms with van der Waals surface area (Å²) in [6, 6.07) is 7.95. The van der Waals surface area contributed by atoms with Crippen molar-refractivity contribution in [2.45, 2.75) is 38.8 Å². The minimum atomic E-state index is -0.422. The van der Waals surface area contributed by atoms with Crippen molar-refractivity contribution >= 4 is 11.6 Å². The molecule has 1 aliphatic heterocycles. The predicted octanol–water partition coefficient (Wildman–Crippen LogP) is 1.84. The minimum absolute atomic E-state index is 0.0289. The van der Waals surface area contributed by atoms with E-state index < -0.39 is 6.10 Å². The number of aliphatic hydroxyl groups excluding tert-OH is 1. The molecule has 4 nitrogen and oxygen atoms in total. The Labute approximate surface area is 114 Å². The minimum Gasteiger partial charge on any atom is -0.388 e. The molecule has 0 radical (unpaired) electrons. The first kappa shape index (κ1) is 13.9. The van der Waals surface area contributed by atoms with Crippen molar-refractivity contribution in [2.24, 2.45) is 0 Å². The lowest BCUT2D eigenvalue weighted by molar-refractivity contribution is -0.120. The summed E-state index contributed by atoms with van der Waals surface area (Å²) >= 11 is 0. The van der Waals surface area contributed by atoms with Crippen molar-refractivity contribution in [3.8, 4) is 0 Å². The van der Waals surface area contributed by atoms with Crippen LogP contribution in [0, 0.1) is 0 Å². The standard InChI is InChI=1S/C15H22N2O2/c1-11(2)16-15(19)10-17-9-5-8-14(18)12-6-3-4-7-13(12)17/h3-4,6-7,11,14,18H,5,8-10H2,1-2H3,(H,16,19). The highest BCUT2D eigenvalue weighted by Crippen LogP contribution is 2.32. The summed E-state index contributed by atoms with van der Waals surface area (Å²) in [4.78, 5) is 14.0. The molecule has 104 valence electrons. The number of carbonyl (C=O) groups is 1. The van der Waals surface area contributed by atoms with Crippen LogP contribution >= 0.6 is 0 Å². The first-order chi connectivity index (χ1) is 9.08. The summed E-state index contributed by atoms with van der Waals surface area (Å²) in [5.41, 5.74) is 1.91. The van der Waals surface area contributed by atoms with Crippen LogP contribution in [-0.2, 0) is 4.79 Å². The van der Waals surface area contributed by atoms with Crippen LogP contribution in [0.25, 0.3) is 0 Å². The number of fused-ring (bicyclic) bond motifs is 1. The van der Waals surface area contributed by atoms with E-state index in [0.717, 1.165) is 30.6 Å². The van der Waals surface area contributed by atoms with E-state index in [2.05, 4.69) is 10.2 Å². The lowest BCUT2D eigenvalue weighted by Gasteiger charge is -2.25. The number of aliphatic hydroxyl groups is 1. The van der Waals surface area contributed by atoms with Gasteiger partial charge < -0.3 is 15.3 Å². The number of nitrogens with zero attached hydrogens (tertiary/aromatic N) is 1. The zero-order valence-corrected chi connectivity index (χ0v) is 11.6. The molecule has 1 amide bonds. The van der Waals surface area contributed by atoms with Gasteiger partial charge in [-0.3, -0.25) is 4.79 Å². The van der Waals surface area contributed by atoms with Crippen molar-refractivity contribution < 1.29 is 9.90 Å². The Morgan fingerprint density at radius 3 is 2.95 bits per heavy atom. The lowest BCUT2D eigenvalue weighted by Crippen LogP contribution is -2.40. The second kappa shape index (κ2) is 6.06. The largest absolute Gasteiger partial charge is 0.388 e. The van der Waals surface area contributed by atoms with Gasteiger partial charge in [-0.05, 0) is 32.8 Å². The SMILES string of the molecule is CC(C)NC(=O)CN1CCCC(O)c2ccccc21. The first-order valence-electron chi connectivity index (χ1n) is 6.89. The molecule has 0 saturated carbocycles. The van der Waals surface area contributed by atoms with Gasteiger partial charge in [0.05, 0.1) is 12.6 Å². The van der Waals surface area contributed by atoms with Gasteiger partial charge in [0.25, 0.3) is 0 Å². The molecule has 2 rings (SSSR count). The molecule has 0 saturated heterocycles. The van der Waals surface area contributed by atoms with E-state index in [0.29, 0.717) is 6.54 Å². The monoisotopic (exact) mass is 262 g/mol. The third-order valence-corrected chi connectivity index (χ3v) is 3.33. The fourth-order valence-electron chi connectivity index (χ4n) is 2.51. The Morgan fingerprint density at radius 2 is 2.21 bits per heavy atom. The highest BCUT2D eigenvalue weighted by Gasteiger charge is 2.22. The number of hydrogen-bond donors (Lipinski definition) is 2. The fourth-order valence-corrected chi connectivity index (χ4v) is 2.51. The maximum absolute atomic E-state index is 11.9. The molecule has 0 aromatic heterocycles. The first-order valence-corrected chi connectivity index (χ1v) is 6.89. The van der Waals surface area contributed by atoms with Gasteiger partial charge in [0.1, 0.15) is 0 Å². The molecule has 0 aliphatic carbocycles. The maximum Gasteiger partial charge on any atom is 0.239 e. The lowest BCUT2D eigenvalue weighted by atomic mass is 10.0. The smallest absolute Gasteiger partial charge is 0.239 e. The highest BCUT2D eigenvalue weighted by atomic mass is 16.3. The Bertz CT molecular complexity index is 446. The zero-order valence-electron chi connectivity index (χ0n) is 11.6. The van der Waals surface area contributed by atoms with Crippen LogP contribution in [0.15, 0.2) is 24.3 Å². The van der Waals surface area contributed by atoms with Gasteiger partial charge in [-0.25, -0.2) is 0 Å². The topological polar surface area (TPSA) is 52.6 Å². The van der Waals surface area contributed by atoms with E-state index in [4.69, 9.17) is 0 Å². The third kappa shape index (κ3) is 3.47. The molecule has 1 unspecified atom stereocenters. The number of para-hydroxylation sites is 1. The van der Waals surface area contributed by atoms with Gasteiger partial charge in [0.2, 0.25) is 5.91 Å². The summed E-state index contributed by atoms with van der Waals surface area (Å²) in [7, 11) is 0. The number of carbonyl (C=O) groups excluding carboxylic acids is 1. The summed E-state index contributed by atoms with van der Waals surface area (Å²) in [5.74, 6) is 0.0289. The van der Waals surface area contributed by atoms with E-state index in [-0.39, 0.29) is 11.9 Å². The van der Waals surface area contributed by atoms with Crippen molar-refractivity contribution in [1.82, 2.24) is 5.32 Å². The van der Waals surface area contributed by atoms with E-state index in [1.54, 1.807) is 0 Å². The Balaban J connectivity index is 2.17. The molecule has 1 aromatic carbocycles. The molecule has 0 bridgehead atoms. The summed E-state index contributed by atoms with van der Waals surface area (Å²) in [6.45, 7) is 5.07. The average Bonchev–Trinajstić information content (AvgIpc) is 2.50. The number of anilines is 1. The molecule has 0 spiro atoms. The van der Waals surface area contributed by atoms with E-state index in [9.17, 15) is 9.90 Å². The van der Waals surface area contributed by atoms with Gasteiger partial charge in [0, 0.05) is 23.8 Å². The van der Waals surface area contributed by atoms with E-state index >= 15 is 0 Å². The molecule has 19 heavy (non-hydrogen) atoms. The van der Waals surface area contributed by atoms with Crippen LogP contribution in [0.4, 0.5) is 5.69 Å². The summed E-state index contributed by atoms with van der Waals surface area (Å²) in [5, 5.41) is 13.0. The summed E-state index contributed by atoms with van der Waals surface area (Å²) < 4.78 is 0. The van der Waals surface area contributed by atoms with Crippen LogP contribution in [0.2, 0.25) is 0 Å². The second-order valence-electron chi connectivity index (χ2n) is 5.36. The summed E-state index contributed by atoms with van der Waals surface area (Å²) in [6.07, 6.45) is 1.22. The molecular weight excluding hydrogens is 240 g/mol. The van der Waals surface area contributed by atoms with E-state index in [1.165, 1.54) is 0 Å². The number of hydrogen-bond acceptors (Lipinski definition) is 3. The van der Waals surface area contributed by atoms with Crippen molar-refractivity contribution in [1.29, 1.82) is 0 Å². The molecule has 1 heterocycles. The maximum atomic E-state index is 11.9. The van der Waals surface area contributed by atoms with Crippen LogP contribution < -0.4 is 10.2 Å². The van der Waals surface area contributed by atoms with Gasteiger partial charge in [-0.1, -0.05) is 18.2 Å². The molecule has 2 N–H and O–H groups in total. The Kier molecular flexibility index (Phi) is 4.43. The molecule has 0 fully saturated rings. The van der Waals surface area contributed by atoms with Crippen molar-refractivity contribution in [3.05, 3.63) is 29.8 Å². The molecule has 1 atom stereocenters. The van der Waals surface area contributed by atoms with Gasteiger partial charge in [-0.15, -0.1) is 0 Å². The number of benzene rings is 1. The number of amides is 1. The van der Waals surface area contributed by atoms with Crippen LogP contribution in [0.3, 0.4) is 0 Å². The van der Waals surface area contributed by atoms with Gasteiger partial charge in [0.15, 0.2) is 0 Å². The van der Waals surface area contributed by atoms with Crippen molar-refractivity contribution in [3.63, 3.8) is 0 Å². The fraction of sp³-hybridized carbons (Fsp3) is 0.533. The molecule has 1 aromatic rings. The quantitative estimate of drug-likeness (QED) is 0.874. The zero-order chi connectivity index (χ0) is 13.8. The second-order valence-corrected chi connectivity index (χ2v) is 5.36. The normalized spacial score (nSPS) is 18.9. The van der Waals surface area contributed by atoms with Crippen LogP contribution in [0.1, 0.15) is 38.4 Å². The van der Waals surface area contributed by atoms with Gasteiger partial charge >= 0.3 is 0 Å². The predicted molar refractivity (Wildman–Crippen MR) is 76.1 cm³/mol. The number of rotatable bonds is 3. The van der Waals surface area contributed by atoms with Crippen molar-refractivity contribution in [2.75, 3.05) is 18.0 Å². The van der Waals surface area contributed by atoms with Crippen LogP contribution in [-0.4, -0.2) is 30.1 Å². The molecule has 1 aliphatic rings. The molecule has 4 heteroatoms. The van der Waals surface area contributed by atoms with E-state index in [1.807, 2.05) is 38.1 Å². The average molecular weight is 262 g/mol. The Hall–Kier alpha value is -1.55. The van der Waals surface area contributed by atoms with Gasteiger partial charge in [-0.2, -0.15) is 0 Å². The molecular formula is C15H22N2O2. The third-order valence-electron chi connectivity index (χ3n) is 3.33. The highest BCUT2D eigenvalue weighted by molar-refractivity contribution is 5.82. The number of nitrogens with one attached hydrogen (secondary N) is 1. The Morgan fingerprint density at radius 1 is 1.47 bits per heavy atom. The van der Waals surface area contributed by atoms with Crippen LogP contribution in [0.5, 0.6) is 0 Å².